The van der Waals surface area contributed by atoms with Crippen molar-refractivity contribution in [3.63, 3.8) is 0 Å². The number of quaternary nitrogens is 1. The van der Waals surface area contributed by atoms with Gasteiger partial charge in [0.1, 0.15) is 18.9 Å². The first-order chi connectivity index (χ1) is 12.1. The van der Waals surface area contributed by atoms with Gasteiger partial charge in [0, 0.05) is 17.1 Å². The summed E-state index contributed by atoms with van der Waals surface area (Å²) in [6.45, 7) is 5.83. The third-order valence-corrected chi connectivity index (χ3v) is 3.91. The number of benzene rings is 2. The molecule has 1 unspecified atom stereocenters. The second-order valence-electron chi connectivity index (χ2n) is 5.96. The van der Waals surface area contributed by atoms with Gasteiger partial charge in [0.25, 0.3) is 5.91 Å². The molecule has 0 saturated heterocycles. The molecule has 0 aliphatic carbocycles. The normalized spacial score (nSPS) is 11.6. The maximum atomic E-state index is 12.1. The standard InChI is InChI=1S/C20H23ClN2O2/c1-3-12-25-19-10-6-17(7-11-19)14-23(2)15-20(24)22-13-16-4-8-18(21)9-5-16/h3-11H,1,12-15H2,2H3,(H,22,24)/p+1. The Morgan fingerprint density at radius 2 is 1.80 bits per heavy atom. The lowest BCUT2D eigenvalue weighted by molar-refractivity contribution is -0.885. The van der Waals surface area contributed by atoms with Crippen molar-refractivity contribution >= 4 is 17.5 Å². The summed E-state index contributed by atoms with van der Waals surface area (Å²) >= 11 is 5.85. The molecule has 0 aliphatic heterocycles. The van der Waals surface area contributed by atoms with Crippen LogP contribution in [0.3, 0.4) is 0 Å². The molecule has 1 atom stereocenters. The Kier molecular flexibility index (Phi) is 7.51. The van der Waals surface area contributed by atoms with Crippen LogP contribution >= 0.6 is 11.6 Å². The minimum atomic E-state index is 0.0263. The summed E-state index contributed by atoms with van der Waals surface area (Å²) in [5, 5.41) is 3.63. The van der Waals surface area contributed by atoms with Gasteiger partial charge in [-0.15, -0.1) is 0 Å². The molecule has 1 amide bonds. The largest absolute Gasteiger partial charge is 0.490 e. The number of hydrogen-bond donors (Lipinski definition) is 2. The predicted molar refractivity (Wildman–Crippen MR) is 101 cm³/mol. The molecule has 2 aromatic rings. The van der Waals surface area contributed by atoms with Crippen LogP contribution in [0.5, 0.6) is 5.75 Å². The van der Waals surface area contributed by atoms with Crippen molar-refractivity contribution in [1.29, 1.82) is 0 Å². The summed E-state index contributed by atoms with van der Waals surface area (Å²) < 4.78 is 5.46. The van der Waals surface area contributed by atoms with E-state index in [0.717, 1.165) is 28.3 Å². The van der Waals surface area contributed by atoms with E-state index in [0.29, 0.717) is 24.7 Å². The molecule has 0 saturated carbocycles. The summed E-state index contributed by atoms with van der Waals surface area (Å²) in [5.41, 5.74) is 2.19. The SMILES string of the molecule is C=CCOc1ccc(C[NH+](C)CC(=O)NCc2ccc(Cl)cc2)cc1. The van der Waals surface area contributed by atoms with Gasteiger partial charge in [0.2, 0.25) is 0 Å². The smallest absolute Gasteiger partial charge is 0.275 e. The van der Waals surface area contributed by atoms with Gasteiger partial charge in [-0.3, -0.25) is 4.79 Å². The van der Waals surface area contributed by atoms with Gasteiger partial charge in [-0.1, -0.05) is 36.4 Å². The summed E-state index contributed by atoms with van der Waals surface area (Å²) in [6.07, 6.45) is 1.72. The number of hydrogen-bond acceptors (Lipinski definition) is 2. The zero-order valence-corrected chi connectivity index (χ0v) is 15.2. The van der Waals surface area contributed by atoms with Crippen LogP contribution in [0.4, 0.5) is 0 Å². The molecule has 2 aromatic carbocycles. The van der Waals surface area contributed by atoms with E-state index in [4.69, 9.17) is 16.3 Å². The number of amides is 1. The van der Waals surface area contributed by atoms with Gasteiger partial charge in [0.15, 0.2) is 6.54 Å². The van der Waals surface area contributed by atoms with E-state index in [1.807, 2.05) is 55.6 Å². The number of likely N-dealkylation sites (N-methyl/N-ethyl adjacent to an activating group) is 1. The topological polar surface area (TPSA) is 42.8 Å². The Labute approximate surface area is 154 Å². The minimum Gasteiger partial charge on any atom is -0.490 e. The van der Waals surface area contributed by atoms with Crippen LogP contribution in [0.25, 0.3) is 0 Å². The van der Waals surface area contributed by atoms with E-state index in [1.54, 1.807) is 6.08 Å². The lowest BCUT2D eigenvalue weighted by Gasteiger charge is -2.14. The van der Waals surface area contributed by atoms with Crippen LogP contribution in [-0.4, -0.2) is 26.1 Å². The first-order valence-corrected chi connectivity index (χ1v) is 8.59. The lowest BCUT2D eigenvalue weighted by Crippen LogP contribution is -3.08. The second-order valence-corrected chi connectivity index (χ2v) is 6.39. The van der Waals surface area contributed by atoms with E-state index in [2.05, 4.69) is 11.9 Å². The molecule has 132 valence electrons. The van der Waals surface area contributed by atoms with E-state index < -0.39 is 0 Å². The van der Waals surface area contributed by atoms with Gasteiger partial charge in [0.05, 0.1) is 7.05 Å². The Hall–Kier alpha value is -2.30. The fourth-order valence-electron chi connectivity index (χ4n) is 2.41. The highest BCUT2D eigenvalue weighted by atomic mass is 35.5. The average molecular weight is 360 g/mol. The van der Waals surface area contributed by atoms with Crippen molar-refractivity contribution in [1.82, 2.24) is 5.32 Å². The quantitative estimate of drug-likeness (QED) is 0.674. The highest BCUT2D eigenvalue weighted by molar-refractivity contribution is 6.30. The molecule has 0 heterocycles. The Bertz CT molecular complexity index is 684. The Morgan fingerprint density at radius 1 is 1.16 bits per heavy atom. The highest BCUT2D eigenvalue weighted by Crippen LogP contribution is 2.11. The van der Waals surface area contributed by atoms with Crippen LogP contribution in [-0.2, 0) is 17.9 Å². The second kappa shape index (κ2) is 9.87. The summed E-state index contributed by atoms with van der Waals surface area (Å²) in [4.78, 5) is 13.2. The molecular weight excluding hydrogens is 336 g/mol. The molecule has 25 heavy (non-hydrogen) atoms. The van der Waals surface area contributed by atoms with Crippen LogP contribution in [0.2, 0.25) is 5.02 Å². The molecule has 4 nitrogen and oxygen atoms in total. The minimum absolute atomic E-state index is 0.0263. The summed E-state index contributed by atoms with van der Waals surface area (Å²) in [6, 6.07) is 15.4. The molecule has 0 spiro atoms. The number of carbonyl (C=O) groups excluding carboxylic acids is 1. The van der Waals surface area contributed by atoms with Crippen molar-refractivity contribution in [2.75, 3.05) is 20.2 Å². The summed E-state index contributed by atoms with van der Waals surface area (Å²) in [7, 11) is 2.00. The molecule has 0 fully saturated rings. The first kappa shape index (κ1) is 19.0. The third kappa shape index (κ3) is 6.99. The maximum Gasteiger partial charge on any atom is 0.275 e. The zero-order chi connectivity index (χ0) is 18.1. The molecule has 0 bridgehead atoms. The van der Waals surface area contributed by atoms with Crippen LogP contribution in [0, 0.1) is 0 Å². The van der Waals surface area contributed by atoms with Crippen LogP contribution in [0.15, 0.2) is 61.2 Å². The van der Waals surface area contributed by atoms with E-state index >= 15 is 0 Å². The number of rotatable bonds is 9. The van der Waals surface area contributed by atoms with E-state index in [1.165, 1.54) is 0 Å². The van der Waals surface area contributed by atoms with Crippen LogP contribution < -0.4 is 15.0 Å². The fraction of sp³-hybridized carbons (Fsp3) is 0.250. The first-order valence-electron chi connectivity index (χ1n) is 8.22. The van der Waals surface area contributed by atoms with Crippen molar-refractivity contribution < 1.29 is 14.4 Å². The average Bonchev–Trinajstić information content (AvgIpc) is 2.60. The Balaban J connectivity index is 1.74. The molecule has 0 radical (unpaired) electrons. The maximum absolute atomic E-state index is 12.1. The Morgan fingerprint density at radius 3 is 2.44 bits per heavy atom. The zero-order valence-electron chi connectivity index (χ0n) is 14.4. The van der Waals surface area contributed by atoms with Gasteiger partial charge < -0.3 is 15.0 Å². The van der Waals surface area contributed by atoms with Gasteiger partial charge in [-0.05, 0) is 42.0 Å². The number of carbonyl (C=O) groups is 1. The number of halogens is 1. The van der Waals surface area contributed by atoms with Gasteiger partial charge in [-0.2, -0.15) is 0 Å². The predicted octanol–water partition coefficient (Wildman–Crippen LogP) is 2.24. The highest BCUT2D eigenvalue weighted by Gasteiger charge is 2.10. The van der Waals surface area contributed by atoms with Crippen LogP contribution in [0.1, 0.15) is 11.1 Å². The monoisotopic (exact) mass is 359 g/mol. The molecular formula is C20H24ClN2O2+. The fourth-order valence-corrected chi connectivity index (χ4v) is 2.54. The molecule has 5 heteroatoms. The number of ether oxygens (including phenoxy) is 1. The molecule has 0 aliphatic rings. The van der Waals surface area contributed by atoms with Crippen molar-refractivity contribution in [2.24, 2.45) is 0 Å². The van der Waals surface area contributed by atoms with Crippen molar-refractivity contribution in [2.45, 2.75) is 13.1 Å². The molecule has 2 N–H and O–H groups in total. The van der Waals surface area contributed by atoms with E-state index in [-0.39, 0.29) is 5.91 Å². The molecule has 0 aromatic heterocycles. The van der Waals surface area contributed by atoms with Gasteiger partial charge >= 0.3 is 0 Å². The van der Waals surface area contributed by atoms with Gasteiger partial charge in [-0.25, -0.2) is 0 Å². The number of nitrogens with one attached hydrogen (secondary N) is 2. The van der Waals surface area contributed by atoms with Crippen molar-refractivity contribution in [3.05, 3.63) is 77.3 Å². The molecule has 2 rings (SSSR count). The van der Waals surface area contributed by atoms with Crippen molar-refractivity contribution in [3.8, 4) is 5.75 Å². The summed E-state index contributed by atoms with van der Waals surface area (Å²) in [5.74, 6) is 0.848. The lowest BCUT2D eigenvalue weighted by atomic mass is 10.2. The third-order valence-electron chi connectivity index (χ3n) is 3.66. The van der Waals surface area contributed by atoms with E-state index in [9.17, 15) is 4.79 Å².